The Morgan fingerprint density at radius 2 is 1.55 bits per heavy atom. The smallest absolute Gasteiger partial charge is 0.261 e. The van der Waals surface area contributed by atoms with E-state index in [0.717, 1.165) is 5.56 Å². The lowest BCUT2D eigenvalue weighted by atomic mass is 10.2. The summed E-state index contributed by atoms with van der Waals surface area (Å²) in [5.41, 5.74) is 6.11. The Morgan fingerprint density at radius 1 is 0.903 bits per heavy atom. The van der Waals surface area contributed by atoms with Crippen LogP contribution >= 0.6 is 12.2 Å². The number of ether oxygens (including phenoxy) is 1. The Kier molecular flexibility index (Phi) is 9.44. The molecule has 2 aromatic carbocycles. The molecule has 0 aliphatic carbocycles. The molecule has 31 heavy (non-hydrogen) atoms. The van der Waals surface area contributed by atoms with Gasteiger partial charge in [-0.05, 0) is 43.8 Å². The van der Waals surface area contributed by atoms with E-state index in [4.69, 9.17) is 17.0 Å². The zero-order valence-electron chi connectivity index (χ0n) is 17.4. The lowest BCUT2D eigenvalue weighted by Gasteiger charge is -2.15. The SMILES string of the molecule is CC(C)Oc1ccccc1C(=O)NC(=S)NNC(=O)CCC(=O)NCc1ccccc1. The van der Waals surface area contributed by atoms with Gasteiger partial charge < -0.3 is 10.1 Å². The molecule has 164 valence electrons. The maximum Gasteiger partial charge on any atom is 0.261 e. The van der Waals surface area contributed by atoms with E-state index < -0.39 is 11.8 Å². The number of thiocarbonyl (C=S) groups is 1. The molecule has 0 fully saturated rings. The van der Waals surface area contributed by atoms with Gasteiger partial charge in [0.15, 0.2) is 5.11 Å². The minimum absolute atomic E-state index is 0.0272. The van der Waals surface area contributed by atoms with E-state index in [2.05, 4.69) is 21.5 Å². The van der Waals surface area contributed by atoms with Crippen molar-refractivity contribution in [1.82, 2.24) is 21.5 Å². The van der Waals surface area contributed by atoms with Crippen molar-refractivity contribution < 1.29 is 19.1 Å². The Morgan fingerprint density at radius 3 is 2.26 bits per heavy atom. The zero-order chi connectivity index (χ0) is 22.6. The third-order valence-corrected chi connectivity index (χ3v) is 4.15. The molecule has 0 spiro atoms. The lowest BCUT2D eigenvalue weighted by Crippen LogP contribution is -2.48. The highest BCUT2D eigenvalue weighted by Crippen LogP contribution is 2.19. The predicted octanol–water partition coefficient (Wildman–Crippen LogP) is 2.21. The molecule has 0 saturated carbocycles. The van der Waals surface area contributed by atoms with Crippen LogP contribution in [-0.4, -0.2) is 28.9 Å². The van der Waals surface area contributed by atoms with Crippen molar-refractivity contribution in [1.29, 1.82) is 0 Å². The van der Waals surface area contributed by atoms with Crippen LogP contribution in [0.25, 0.3) is 0 Å². The molecule has 2 rings (SSSR count). The quantitative estimate of drug-likeness (QED) is 0.369. The van der Waals surface area contributed by atoms with Gasteiger partial charge in [0, 0.05) is 19.4 Å². The van der Waals surface area contributed by atoms with Gasteiger partial charge in [0.1, 0.15) is 5.75 Å². The van der Waals surface area contributed by atoms with Gasteiger partial charge in [-0.1, -0.05) is 42.5 Å². The first-order chi connectivity index (χ1) is 14.8. The number of amides is 3. The Balaban J connectivity index is 1.70. The summed E-state index contributed by atoms with van der Waals surface area (Å²) in [6, 6.07) is 16.3. The summed E-state index contributed by atoms with van der Waals surface area (Å²) in [4.78, 5) is 36.2. The van der Waals surface area contributed by atoms with Crippen LogP contribution < -0.4 is 26.2 Å². The van der Waals surface area contributed by atoms with Gasteiger partial charge >= 0.3 is 0 Å². The van der Waals surface area contributed by atoms with Gasteiger partial charge in [0.05, 0.1) is 11.7 Å². The third-order valence-electron chi connectivity index (χ3n) is 3.95. The fourth-order valence-electron chi connectivity index (χ4n) is 2.51. The van der Waals surface area contributed by atoms with E-state index in [-0.39, 0.29) is 30.0 Å². The van der Waals surface area contributed by atoms with E-state index in [1.165, 1.54) is 0 Å². The highest BCUT2D eigenvalue weighted by atomic mass is 32.1. The molecule has 3 amide bonds. The predicted molar refractivity (Wildman–Crippen MR) is 121 cm³/mol. The van der Waals surface area contributed by atoms with Crippen LogP contribution in [0, 0.1) is 0 Å². The largest absolute Gasteiger partial charge is 0.490 e. The molecular formula is C22H26N4O4S. The molecule has 0 aliphatic rings. The molecule has 4 N–H and O–H groups in total. The molecule has 0 unspecified atom stereocenters. The van der Waals surface area contributed by atoms with Gasteiger partial charge in [-0.3, -0.25) is 30.6 Å². The number of carbonyl (C=O) groups excluding carboxylic acids is 3. The first-order valence-corrected chi connectivity index (χ1v) is 10.2. The molecule has 8 nitrogen and oxygen atoms in total. The molecular weight excluding hydrogens is 416 g/mol. The van der Waals surface area contributed by atoms with Crippen molar-refractivity contribution in [2.75, 3.05) is 0 Å². The van der Waals surface area contributed by atoms with Crippen LogP contribution in [0.4, 0.5) is 0 Å². The molecule has 0 bridgehead atoms. The topological polar surface area (TPSA) is 109 Å². The number of para-hydroxylation sites is 1. The average Bonchev–Trinajstić information content (AvgIpc) is 2.75. The van der Waals surface area contributed by atoms with Crippen molar-refractivity contribution in [2.24, 2.45) is 0 Å². The number of hydrogen-bond donors (Lipinski definition) is 4. The first-order valence-electron chi connectivity index (χ1n) is 9.81. The number of benzene rings is 2. The summed E-state index contributed by atoms with van der Waals surface area (Å²) in [6.45, 7) is 4.12. The van der Waals surface area contributed by atoms with Crippen molar-refractivity contribution >= 4 is 35.1 Å². The summed E-state index contributed by atoms with van der Waals surface area (Å²) in [7, 11) is 0. The third kappa shape index (κ3) is 8.83. The molecule has 0 heterocycles. The van der Waals surface area contributed by atoms with E-state index in [1.807, 2.05) is 44.2 Å². The molecule has 0 atom stereocenters. The molecule has 9 heteroatoms. The Bertz CT molecular complexity index is 919. The minimum Gasteiger partial charge on any atom is -0.490 e. The first kappa shape index (κ1) is 23.8. The number of rotatable bonds is 8. The zero-order valence-corrected chi connectivity index (χ0v) is 18.3. The van der Waals surface area contributed by atoms with Gasteiger partial charge in [0.2, 0.25) is 11.8 Å². The number of hydrazine groups is 1. The van der Waals surface area contributed by atoms with Gasteiger partial charge in [-0.2, -0.15) is 0 Å². The maximum atomic E-state index is 12.4. The van der Waals surface area contributed by atoms with Crippen LogP contribution in [-0.2, 0) is 16.1 Å². The highest BCUT2D eigenvalue weighted by molar-refractivity contribution is 7.80. The number of hydrogen-bond acceptors (Lipinski definition) is 5. The van der Waals surface area contributed by atoms with Crippen LogP contribution in [0.15, 0.2) is 54.6 Å². The van der Waals surface area contributed by atoms with Crippen molar-refractivity contribution in [3.8, 4) is 5.75 Å². The fraction of sp³-hybridized carbons (Fsp3) is 0.273. The Labute approximate surface area is 186 Å². The maximum absolute atomic E-state index is 12.4. The monoisotopic (exact) mass is 442 g/mol. The summed E-state index contributed by atoms with van der Waals surface area (Å²) < 4.78 is 5.62. The number of carbonyl (C=O) groups is 3. The van der Waals surface area contributed by atoms with Crippen LogP contribution in [0.1, 0.15) is 42.6 Å². The lowest BCUT2D eigenvalue weighted by molar-refractivity contribution is -0.126. The van der Waals surface area contributed by atoms with Crippen molar-refractivity contribution in [3.63, 3.8) is 0 Å². The van der Waals surface area contributed by atoms with Crippen molar-refractivity contribution in [3.05, 3.63) is 65.7 Å². The van der Waals surface area contributed by atoms with Crippen LogP contribution in [0.5, 0.6) is 5.75 Å². The van der Waals surface area contributed by atoms with Gasteiger partial charge in [-0.15, -0.1) is 0 Å². The second kappa shape index (κ2) is 12.3. The summed E-state index contributed by atoms with van der Waals surface area (Å²) in [5, 5.41) is 5.15. The van der Waals surface area contributed by atoms with Gasteiger partial charge in [0.25, 0.3) is 5.91 Å². The summed E-state index contributed by atoms with van der Waals surface area (Å²) >= 11 is 5.03. The van der Waals surface area contributed by atoms with Crippen LogP contribution in [0.3, 0.4) is 0 Å². The second-order valence-corrected chi connectivity index (χ2v) is 7.29. The highest BCUT2D eigenvalue weighted by Gasteiger charge is 2.15. The van der Waals surface area contributed by atoms with E-state index in [9.17, 15) is 14.4 Å². The summed E-state index contributed by atoms with van der Waals surface area (Å²) in [5.74, 6) is -0.710. The molecule has 0 saturated heterocycles. The van der Waals surface area contributed by atoms with Crippen LogP contribution in [0.2, 0.25) is 0 Å². The Hall–Kier alpha value is -3.46. The molecule has 0 aliphatic heterocycles. The van der Waals surface area contributed by atoms with E-state index >= 15 is 0 Å². The molecule has 0 aromatic heterocycles. The normalized spacial score (nSPS) is 10.2. The average molecular weight is 443 g/mol. The van der Waals surface area contributed by atoms with Crippen molar-refractivity contribution in [2.45, 2.75) is 39.3 Å². The van der Waals surface area contributed by atoms with E-state index in [0.29, 0.717) is 17.9 Å². The molecule has 0 radical (unpaired) electrons. The summed E-state index contributed by atoms with van der Waals surface area (Å²) in [6.07, 6.45) is -0.0996. The van der Waals surface area contributed by atoms with Gasteiger partial charge in [-0.25, -0.2) is 0 Å². The second-order valence-electron chi connectivity index (χ2n) is 6.88. The standard InChI is InChI=1S/C22H26N4O4S/c1-15(2)30-18-11-7-6-10-17(18)21(29)24-22(31)26-25-20(28)13-12-19(27)23-14-16-8-4-3-5-9-16/h3-11,15H,12-14H2,1-2H3,(H,23,27)(H,25,28)(H2,24,26,29,31). The van der Waals surface area contributed by atoms with E-state index in [1.54, 1.807) is 24.3 Å². The fourth-order valence-corrected chi connectivity index (χ4v) is 2.66. The molecule has 2 aromatic rings. The number of nitrogens with one attached hydrogen (secondary N) is 4. The minimum atomic E-state index is -0.469.